The lowest BCUT2D eigenvalue weighted by molar-refractivity contribution is -0.114. The first kappa shape index (κ1) is 20.9. The van der Waals surface area contributed by atoms with Gasteiger partial charge in [-0.2, -0.15) is 0 Å². The van der Waals surface area contributed by atoms with Crippen LogP contribution in [0, 0.1) is 5.82 Å². The average molecular weight is 431 g/mol. The molecule has 1 heterocycles. The van der Waals surface area contributed by atoms with Gasteiger partial charge in [0.25, 0.3) is 17.7 Å². The van der Waals surface area contributed by atoms with Gasteiger partial charge in [-0.15, -0.1) is 0 Å². The molecular weight excluding hydrogens is 413 g/mol. The predicted molar refractivity (Wildman–Crippen MR) is 116 cm³/mol. The summed E-state index contributed by atoms with van der Waals surface area (Å²) in [6.07, 6.45) is 0. The van der Waals surface area contributed by atoms with E-state index in [-0.39, 0.29) is 24.0 Å². The fourth-order valence-corrected chi connectivity index (χ4v) is 3.47. The Morgan fingerprint density at radius 3 is 2.22 bits per heavy atom. The molecule has 0 aliphatic carbocycles. The molecule has 4 rings (SSSR count). The van der Waals surface area contributed by atoms with Gasteiger partial charge in [-0.1, -0.05) is 24.3 Å². The minimum absolute atomic E-state index is 0.0245. The van der Waals surface area contributed by atoms with Crippen LogP contribution in [0.3, 0.4) is 0 Å². The molecule has 2 N–H and O–H groups in total. The first-order chi connectivity index (χ1) is 15.3. The number of hydrogen-bond acceptors (Lipinski definition) is 4. The Labute approximate surface area is 182 Å². The molecule has 160 valence electrons. The smallest absolute Gasteiger partial charge is 0.261 e. The van der Waals surface area contributed by atoms with Crippen molar-refractivity contribution in [2.45, 2.75) is 13.5 Å². The molecule has 8 heteroatoms. The average Bonchev–Trinajstić information content (AvgIpc) is 3.01. The summed E-state index contributed by atoms with van der Waals surface area (Å²) in [6.45, 7) is 1.28. The quantitative estimate of drug-likeness (QED) is 0.600. The minimum atomic E-state index is -0.624. The summed E-state index contributed by atoms with van der Waals surface area (Å²) in [6, 6.07) is 17.0. The van der Waals surface area contributed by atoms with Gasteiger partial charge in [-0.05, 0) is 48.0 Å². The van der Waals surface area contributed by atoms with Crippen molar-refractivity contribution in [3.8, 4) is 0 Å². The number of anilines is 2. The van der Waals surface area contributed by atoms with E-state index in [1.54, 1.807) is 48.5 Å². The van der Waals surface area contributed by atoms with Crippen LogP contribution in [0.15, 0.2) is 66.7 Å². The zero-order valence-electron chi connectivity index (χ0n) is 17.0. The molecule has 0 radical (unpaired) electrons. The SMILES string of the molecule is CC(=O)Nc1cc(NC(=O)c2cccc(CN3C(=O)c4ccccc4C3=O)c2)ccc1F. The fourth-order valence-electron chi connectivity index (χ4n) is 3.47. The van der Waals surface area contributed by atoms with E-state index in [0.717, 1.165) is 11.0 Å². The van der Waals surface area contributed by atoms with E-state index in [4.69, 9.17) is 0 Å². The first-order valence-electron chi connectivity index (χ1n) is 9.76. The van der Waals surface area contributed by atoms with Gasteiger partial charge in [0.05, 0.1) is 23.4 Å². The third kappa shape index (κ3) is 4.11. The van der Waals surface area contributed by atoms with Gasteiger partial charge in [-0.25, -0.2) is 4.39 Å². The third-order valence-electron chi connectivity index (χ3n) is 4.94. The number of imide groups is 1. The molecular formula is C24H18FN3O4. The second-order valence-electron chi connectivity index (χ2n) is 7.27. The topological polar surface area (TPSA) is 95.6 Å². The van der Waals surface area contributed by atoms with E-state index in [0.29, 0.717) is 27.9 Å². The van der Waals surface area contributed by atoms with Crippen LogP contribution in [0.4, 0.5) is 15.8 Å². The maximum atomic E-state index is 13.8. The highest BCUT2D eigenvalue weighted by Crippen LogP contribution is 2.25. The monoisotopic (exact) mass is 431 g/mol. The van der Waals surface area contributed by atoms with Gasteiger partial charge in [0.2, 0.25) is 5.91 Å². The molecule has 4 amide bonds. The Bertz CT molecular complexity index is 1240. The normalized spacial score (nSPS) is 12.5. The van der Waals surface area contributed by atoms with Crippen LogP contribution in [-0.4, -0.2) is 28.5 Å². The van der Waals surface area contributed by atoms with E-state index in [9.17, 15) is 23.6 Å². The number of nitrogens with zero attached hydrogens (tertiary/aromatic N) is 1. The van der Waals surface area contributed by atoms with E-state index < -0.39 is 17.6 Å². The zero-order valence-corrected chi connectivity index (χ0v) is 17.0. The van der Waals surface area contributed by atoms with Crippen molar-refractivity contribution in [3.63, 3.8) is 0 Å². The number of benzene rings is 3. The molecule has 1 aliphatic heterocycles. The van der Waals surface area contributed by atoms with E-state index in [1.807, 2.05) is 0 Å². The van der Waals surface area contributed by atoms with Crippen molar-refractivity contribution < 1.29 is 23.6 Å². The maximum Gasteiger partial charge on any atom is 0.261 e. The van der Waals surface area contributed by atoms with Crippen LogP contribution in [0.1, 0.15) is 43.6 Å². The van der Waals surface area contributed by atoms with Crippen molar-refractivity contribution in [1.29, 1.82) is 0 Å². The van der Waals surface area contributed by atoms with E-state index in [1.165, 1.54) is 19.1 Å². The standard InChI is InChI=1S/C24H18FN3O4/c1-14(29)26-21-12-17(9-10-20(21)25)27-22(30)16-6-4-5-15(11-16)13-28-23(31)18-7-2-3-8-19(18)24(28)32/h2-12H,13H2,1H3,(H,26,29)(H,27,30). The van der Waals surface area contributed by atoms with Crippen LogP contribution < -0.4 is 10.6 Å². The minimum Gasteiger partial charge on any atom is -0.324 e. The maximum absolute atomic E-state index is 13.8. The number of amides is 4. The fraction of sp³-hybridized carbons (Fsp3) is 0.0833. The van der Waals surface area contributed by atoms with Gasteiger partial charge in [-0.3, -0.25) is 24.1 Å². The number of rotatable bonds is 5. The Balaban J connectivity index is 1.50. The van der Waals surface area contributed by atoms with Crippen molar-refractivity contribution in [1.82, 2.24) is 4.90 Å². The molecule has 3 aromatic rings. The molecule has 0 unspecified atom stereocenters. The lowest BCUT2D eigenvalue weighted by Gasteiger charge is -2.15. The molecule has 7 nitrogen and oxygen atoms in total. The summed E-state index contributed by atoms with van der Waals surface area (Å²) in [7, 11) is 0. The van der Waals surface area contributed by atoms with Crippen molar-refractivity contribution >= 4 is 35.0 Å². The highest BCUT2D eigenvalue weighted by atomic mass is 19.1. The molecule has 0 aromatic heterocycles. The molecule has 0 saturated carbocycles. The number of hydrogen-bond donors (Lipinski definition) is 2. The molecule has 0 atom stereocenters. The molecule has 0 saturated heterocycles. The summed E-state index contributed by atoms with van der Waals surface area (Å²) in [4.78, 5) is 50.2. The molecule has 1 aliphatic rings. The van der Waals surface area contributed by atoms with Crippen LogP contribution in [0.5, 0.6) is 0 Å². The Hall–Kier alpha value is -4.33. The summed E-state index contributed by atoms with van der Waals surface area (Å²) in [5.41, 5.74) is 1.87. The molecule has 3 aromatic carbocycles. The van der Waals surface area contributed by atoms with Crippen molar-refractivity contribution in [2.24, 2.45) is 0 Å². The lowest BCUT2D eigenvalue weighted by atomic mass is 10.1. The van der Waals surface area contributed by atoms with Crippen LogP contribution in [-0.2, 0) is 11.3 Å². The Morgan fingerprint density at radius 2 is 1.56 bits per heavy atom. The molecule has 0 fully saturated rings. The van der Waals surface area contributed by atoms with Gasteiger partial charge in [0, 0.05) is 18.2 Å². The largest absolute Gasteiger partial charge is 0.324 e. The Morgan fingerprint density at radius 1 is 0.875 bits per heavy atom. The lowest BCUT2D eigenvalue weighted by Crippen LogP contribution is -2.29. The van der Waals surface area contributed by atoms with Crippen molar-refractivity contribution in [2.75, 3.05) is 10.6 Å². The second-order valence-corrected chi connectivity index (χ2v) is 7.27. The number of nitrogens with one attached hydrogen (secondary N) is 2. The summed E-state index contributed by atoms with van der Waals surface area (Å²) < 4.78 is 13.8. The third-order valence-corrected chi connectivity index (χ3v) is 4.94. The van der Waals surface area contributed by atoms with Gasteiger partial charge in [0.15, 0.2) is 0 Å². The Kier molecular flexibility index (Phi) is 5.51. The first-order valence-corrected chi connectivity index (χ1v) is 9.76. The molecule has 32 heavy (non-hydrogen) atoms. The van der Waals surface area contributed by atoms with Gasteiger partial charge < -0.3 is 10.6 Å². The van der Waals surface area contributed by atoms with Crippen molar-refractivity contribution in [3.05, 3.63) is 94.8 Å². The predicted octanol–water partition coefficient (Wildman–Crippen LogP) is 3.83. The number of fused-ring (bicyclic) bond motifs is 1. The summed E-state index contributed by atoms with van der Waals surface area (Å²) in [5, 5.41) is 5.00. The number of halogens is 1. The van der Waals surface area contributed by atoms with Crippen LogP contribution in [0.25, 0.3) is 0 Å². The number of carbonyl (C=O) groups is 4. The highest BCUT2D eigenvalue weighted by Gasteiger charge is 2.35. The highest BCUT2D eigenvalue weighted by molar-refractivity contribution is 6.21. The van der Waals surface area contributed by atoms with E-state index >= 15 is 0 Å². The van der Waals surface area contributed by atoms with E-state index in [2.05, 4.69) is 10.6 Å². The molecule has 0 bridgehead atoms. The number of carbonyl (C=O) groups excluding carboxylic acids is 4. The second kappa shape index (κ2) is 8.43. The zero-order chi connectivity index (χ0) is 22.8. The summed E-state index contributed by atoms with van der Waals surface area (Å²) in [5.74, 6) is -2.28. The molecule has 0 spiro atoms. The van der Waals surface area contributed by atoms with Gasteiger partial charge >= 0.3 is 0 Å². The van der Waals surface area contributed by atoms with Crippen LogP contribution in [0.2, 0.25) is 0 Å². The summed E-state index contributed by atoms with van der Waals surface area (Å²) >= 11 is 0. The van der Waals surface area contributed by atoms with Crippen LogP contribution >= 0.6 is 0 Å². The van der Waals surface area contributed by atoms with Gasteiger partial charge in [0.1, 0.15) is 5.82 Å².